The molecule has 1 fully saturated rings. The Balaban J connectivity index is 2.20. The largest absolute Gasteiger partial charge is 0.388 e. The van der Waals surface area contributed by atoms with Crippen LogP contribution in [0.15, 0.2) is 11.4 Å². The van der Waals surface area contributed by atoms with Crippen molar-refractivity contribution >= 4 is 27.1 Å². The van der Waals surface area contributed by atoms with Crippen LogP contribution in [0.4, 0.5) is 5.95 Å². The molecule has 1 unspecified atom stereocenters. The van der Waals surface area contributed by atoms with Gasteiger partial charge in [-0.15, -0.1) is 0 Å². The summed E-state index contributed by atoms with van der Waals surface area (Å²) in [5.41, 5.74) is 5.44. The van der Waals surface area contributed by atoms with Gasteiger partial charge < -0.3 is 20.7 Å². The number of primary sulfonamides is 1. The fourth-order valence-corrected chi connectivity index (χ4v) is 2.98. The zero-order valence-electron chi connectivity index (χ0n) is 11.4. The number of imidazole rings is 1. The first-order valence-corrected chi connectivity index (χ1v) is 7.79. The highest BCUT2D eigenvalue weighted by Gasteiger charge is 2.42. The van der Waals surface area contributed by atoms with Crippen molar-refractivity contribution < 1.29 is 23.4 Å². The molecule has 0 amide bonds. The summed E-state index contributed by atoms with van der Waals surface area (Å²) in [5, 5.41) is 24.3. The molecule has 0 saturated carbocycles. The number of nitrogens with two attached hydrogens (primary N) is 2. The number of hydrogen-bond acceptors (Lipinski definition) is 9. The summed E-state index contributed by atoms with van der Waals surface area (Å²) < 4.78 is 29.8. The molecule has 3 rings (SSSR count). The lowest BCUT2D eigenvalue weighted by Gasteiger charge is -2.16. The van der Waals surface area contributed by atoms with Crippen molar-refractivity contribution in [3.05, 3.63) is 6.33 Å². The molecule has 0 aliphatic carbocycles. The van der Waals surface area contributed by atoms with E-state index in [0.717, 1.165) is 0 Å². The first kappa shape index (κ1) is 15.1. The highest BCUT2D eigenvalue weighted by atomic mass is 32.2. The first-order valence-electron chi connectivity index (χ1n) is 6.24. The van der Waals surface area contributed by atoms with Crippen molar-refractivity contribution in [2.75, 3.05) is 5.73 Å². The van der Waals surface area contributed by atoms with E-state index in [1.807, 2.05) is 0 Å². The molecule has 11 nitrogen and oxygen atoms in total. The van der Waals surface area contributed by atoms with Crippen molar-refractivity contribution in [1.82, 2.24) is 19.5 Å². The summed E-state index contributed by atoms with van der Waals surface area (Å²) in [6.45, 7) is 1.59. The van der Waals surface area contributed by atoms with E-state index in [4.69, 9.17) is 15.6 Å². The second-order valence-corrected chi connectivity index (χ2v) is 6.45. The van der Waals surface area contributed by atoms with Crippen LogP contribution in [-0.2, 0) is 14.8 Å². The molecule has 2 aromatic rings. The maximum atomic E-state index is 11.6. The second kappa shape index (κ2) is 4.82. The third-order valence-electron chi connectivity index (χ3n) is 3.43. The minimum Gasteiger partial charge on any atom is -0.388 e. The Bertz CT molecular complexity index is 836. The zero-order chi connectivity index (χ0) is 16.2. The van der Waals surface area contributed by atoms with Crippen molar-refractivity contribution in [3.63, 3.8) is 0 Å². The van der Waals surface area contributed by atoms with Crippen LogP contribution in [0.2, 0.25) is 0 Å². The van der Waals surface area contributed by atoms with E-state index >= 15 is 0 Å². The third-order valence-corrected chi connectivity index (χ3v) is 4.25. The molecule has 6 N–H and O–H groups in total. The molecule has 22 heavy (non-hydrogen) atoms. The summed E-state index contributed by atoms with van der Waals surface area (Å²) in [6.07, 6.45) is -2.72. The van der Waals surface area contributed by atoms with Crippen LogP contribution in [-0.4, -0.2) is 56.5 Å². The van der Waals surface area contributed by atoms with E-state index in [0.29, 0.717) is 0 Å². The summed E-state index contributed by atoms with van der Waals surface area (Å²) in [5.74, 6) is -0.320. The highest BCUT2D eigenvalue weighted by Crippen LogP contribution is 2.32. The number of nitrogens with zero attached hydrogens (tertiary/aromatic N) is 4. The van der Waals surface area contributed by atoms with Gasteiger partial charge in [0.25, 0.3) is 10.0 Å². The normalized spacial score (nSPS) is 29.3. The molecule has 0 bridgehead atoms. The molecule has 12 heteroatoms. The summed E-state index contributed by atoms with van der Waals surface area (Å²) in [7, 11) is -4.16. The van der Waals surface area contributed by atoms with Gasteiger partial charge in [-0.2, -0.15) is 9.97 Å². The van der Waals surface area contributed by atoms with Crippen molar-refractivity contribution in [2.45, 2.75) is 36.5 Å². The Morgan fingerprint density at radius 3 is 2.55 bits per heavy atom. The standard InChI is InChI=1S/C10H14N6O5S/c1-3-5(17)6(18)9(21-3)16-2-13-4-7(16)14-10(11)15-8(4)22(12,19)20/h2-3,5-6,9,17-18H,1H3,(H2,11,14,15)(H2,12,19,20)/t3-,5-,6-,9?/m1/s1. The average molecular weight is 330 g/mol. The first-order chi connectivity index (χ1) is 10.2. The molecule has 3 heterocycles. The number of hydrogen-bond donors (Lipinski definition) is 4. The van der Waals surface area contributed by atoms with Crippen LogP contribution in [0, 0.1) is 0 Å². The van der Waals surface area contributed by atoms with Crippen LogP contribution in [0.3, 0.4) is 0 Å². The molecule has 120 valence electrons. The Hall–Kier alpha value is -1.86. The molecule has 2 aromatic heterocycles. The highest BCUT2D eigenvalue weighted by molar-refractivity contribution is 7.89. The van der Waals surface area contributed by atoms with Crippen molar-refractivity contribution in [2.24, 2.45) is 5.14 Å². The molecule has 1 aliphatic heterocycles. The van der Waals surface area contributed by atoms with Gasteiger partial charge in [-0.3, -0.25) is 4.57 Å². The van der Waals surface area contributed by atoms with Crippen LogP contribution >= 0.6 is 0 Å². The zero-order valence-corrected chi connectivity index (χ0v) is 12.2. The van der Waals surface area contributed by atoms with Gasteiger partial charge in [0.15, 0.2) is 11.9 Å². The Labute approximate surface area is 124 Å². The lowest BCUT2D eigenvalue weighted by molar-refractivity contribution is -0.0299. The predicted molar refractivity (Wildman–Crippen MR) is 72.7 cm³/mol. The van der Waals surface area contributed by atoms with E-state index in [1.54, 1.807) is 6.92 Å². The second-order valence-electron chi connectivity index (χ2n) is 4.97. The Morgan fingerprint density at radius 1 is 1.32 bits per heavy atom. The summed E-state index contributed by atoms with van der Waals surface area (Å²) >= 11 is 0. The van der Waals surface area contributed by atoms with E-state index in [1.165, 1.54) is 10.9 Å². The average Bonchev–Trinajstić information content (AvgIpc) is 2.93. The van der Waals surface area contributed by atoms with Crippen LogP contribution in [0.5, 0.6) is 0 Å². The topological polar surface area (TPSA) is 179 Å². The molecular weight excluding hydrogens is 316 g/mol. The van der Waals surface area contributed by atoms with E-state index in [2.05, 4.69) is 15.0 Å². The Kier molecular flexibility index (Phi) is 3.30. The number of rotatable bonds is 2. The third kappa shape index (κ3) is 2.21. The van der Waals surface area contributed by atoms with E-state index in [9.17, 15) is 18.6 Å². The molecular formula is C10H14N6O5S. The van der Waals surface area contributed by atoms with Gasteiger partial charge in [-0.05, 0) is 6.92 Å². The fourth-order valence-electron chi connectivity index (χ4n) is 2.35. The van der Waals surface area contributed by atoms with Gasteiger partial charge in [0.2, 0.25) is 11.0 Å². The lowest BCUT2D eigenvalue weighted by Crippen LogP contribution is -2.30. The summed E-state index contributed by atoms with van der Waals surface area (Å²) in [4.78, 5) is 11.4. The predicted octanol–water partition coefficient (Wildman–Crippen LogP) is -2.30. The van der Waals surface area contributed by atoms with E-state index < -0.39 is 39.6 Å². The van der Waals surface area contributed by atoms with Crippen molar-refractivity contribution in [3.8, 4) is 0 Å². The van der Waals surface area contributed by atoms with Gasteiger partial charge >= 0.3 is 0 Å². The fraction of sp³-hybridized carbons (Fsp3) is 0.500. The van der Waals surface area contributed by atoms with Crippen molar-refractivity contribution in [1.29, 1.82) is 0 Å². The SMILES string of the molecule is C[C@H]1OC(n2cnc3c(S(N)(=O)=O)nc(N)nc32)[C@H](O)[C@@H]1O. The smallest absolute Gasteiger partial charge is 0.258 e. The number of aliphatic hydroxyl groups is 2. The number of sulfonamides is 1. The van der Waals surface area contributed by atoms with Gasteiger partial charge in [0.1, 0.15) is 17.7 Å². The minimum absolute atomic E-state index is 0.0295. The van der Waals surface area contributed by atoms with E-state index in [-0.39, 0.29) is 17.1 Å². The number of ether oxygens (including phenoxy) is 1. The van der Waals surface area contributed by atoms with Gasteiger partial charge in [0, 0.05) is 0 Å². The molecule has 1 saturated heterocycles. The number of anilines is 1. The van der Waals surface area contributed by atoms with Gasteiger partial charge in [-0.25, -0.2) is 18.5 Å². The van der Waals surface area contributed by atoms with Crippen LogP contribution in [0.25, 0.3) is 11.2 Å². The number of nitrogen functional groups attached to an aromatic ring is 1. The molecule has 0 radical (unpaired) electrons. The quantitative estimate of drug-likeness (QED) is 0.440. The molecule has 4 atom stereocenters. The molecule has 1 aliphatic rings. The lowest BCUT2D eigenvalue weighted by atomic mass is 10.1. The van der Waals surface area contributed by atoms with Crippen LogP contribution in [0.1, 0.15) is 13.2 Å². The molecule has 0 aromatic carbocycles. The molecule has 0 spiro atoms. The Morgan fingerprint density at radius 2 is 2.00 bits per heavy atom. The van der Waals surface area contributed by atoms with Gasteiger partial charge in [0.05, 0.1) is 12.4 Å². The minimum atomic E-state index is -4.16. The monoisotopic (exact) mass is 330 g/mol. The van der Waals surface area contributed by atoms with Gasteiger partial charge in [-0.1, -0.05) is 0 Å². The maximum absolute atomic E-state index is 11.6. The maximum Gasteiger partial charge on any atom is 0.258 e. The number of aliphatic hydroxyl groups excluding tert-OH is 2. The van der Waals surface area contributed by atoms with Crippen LogP contribution < -0.4 is 10.9 Å². The number of aromatic nitrogens is 4. The summed E-state index contributed by atoms with van der Waals surface area (Å²) in [6, 6.07) is 0. The number of fused-ring (bicyclic) bond motifs is 1.